The van der Waals surface area contributed by atoms with Gasteiger partial charge in [0.1, 0.15) is 0 Å². The average Bonchev–Trinajstić information content (AvgIpc) is 2.61. The smallest absolute Gasteiger partial charge is 0.265 e. The van der Waals surface area contributed by atoms with Crippen molar-refractivity contribution in [1.82, 2.24) is 5.32 Å². The first-order valence-electron chi connectivity index (χ1n) is 8.30. The van der Waals surface area contributed by atoms with Crippen molar-refractivity contribution in [3.05, 3.63) is 53.6 Å². The van der Waals surface area contributed by atoms with E-state index in [0.717, 1.165) is 17.8 Å². The molecule has 3 N–H and O–H groups in total. The van der Waals surface area contributed by atoms with Gasteiger partial charge in [-0.3, -0.25) is 9.59 Å². The number of carbonyl (C=O) groups excluding carboxylic acids is 2. The van der Waals surface area contributed by atoms with Gasteiger partial charge in [-0.15, -0.1) is 12.4 Å². The molecular formula is C19H22ClN3O3. The van der Waals surface area contributed by atoms with Crippen molar-refractivity contribution in [2.24, 2.45) is 0 Å². The summed E-state index contributed by atoms with van der Waals surface area (Å²) < 4.78 is 5.64. The Hall–Kier alpha value is -2.57. The van der Waals surface area contributed by atoms with Crippen LogP contribution in [-0.4, -0.2) is 24.5 Å². The lowest BCUT2D eigenvalue weighted by atomic mass is 10.1. The Kier molecular flexibility index (Phi) is 6.60. The molecule has 0 saturated heterocycles. The number of amides is 2. The van der Waals surface area contributed by atoms with Crippen LogP contribution >= 0.6 is 12.4 Å². The first-order chi connectivity index (χ1) is 12.1. The fourth-order valence-electron chi connectivity index (χ4n) is 2.65. The summed E-state index contributed by atoms with van der Waals surface area (Å²) >= 11 is 0. The quantitative estimate of drug-likeness (QED) is 0.749. The number of hydrogen-bond acceptors (Lipinski definition) is 4. The second-order valence-corrected chi connectivity index (χ2v) is 5.82. The molecule has 1 heterocycles. The van der Waals surface area contributed by atoms with Gasteiger partial charge in [-0.1, -0.05) is 31.2 Å². The predicted octanol–water partition coefficient (Wildman–Crippen LogP) is 3.19. The molecule has 0 bridgehead atoms. The predicted molar refractivity (Wildman–Crippen MR) is 104 cm³/mol. The van der Waals surface area contributed by atoms with E-state index in [1.165, 1.54) is 0 Å². The van der Waals surface area contributed by atoms with Crippen molar-refractivity contribution in [1.29, 1.82) is 0 Å². The highest BCUT2D eigenvalue weighted by Crippen LogP contribution is 2.33. The summed E-state index contributed by atoms with van der Waals surface area (Å²) in [7, 11) is 0. The van der Waals surface area contributed by atoms with E-state index in [1.807, 2.05) is 31.2 Å². The molecule has 7 heteroatoms. The average molecular weight is 376 g/mol. The number of carbonyl (C=O) groups is 2. The fraction of sp³-hybridized carbons (Fsp3) is 0.263. The molecule has 2 aromatic rings. The van der Waals surface area contributed by atoms with Gasteiger partial charge in [-0.25, -0.2) is 0 Å². The van der Waals surface area contributed by atoms with Gasteiger partial charge in [0.25, 0.3) is 11.8 Å². The molecule has 138 valence electrons. The third kappa shape index (κ3) is 4.15. The lowest BCUT2D eigenvalue weighted by molar-refractivity contribution is -0.122. The summed E-state index contributed by atoms with van der Waals surface area (Å²) in [6.07, 6.45) is -0.637. The Balaban J connectivity index is 0.00000243. The second kappa shape index (κ2) is 8.69. The minimum absolute atomic E-state index is 0. The zero-order valence-electron chi connectivity index (χ0n) is 14.7. The maximum atomic E-state index is 12.8. The van der Waals surface area contributed by atoms with Crippen LogP contribution in [0.4, 0.5) is 11.4 Å². The molecule has 0 fully saturated rings. The Morgan fingerprint density at radius 3 is 2.73 bits per heavy atom. The zero-order chi connectivity index (χ0) is 17.8. The summed E-state index contributed by atoms with van der Waals surface area (Å²) in [5.41, 5.74) is 2.66. The fourth-order valence-corrected chi connectivity index (χ4v) is 2.65. The highest BCUT2D eigenvalue weighted by atomic mass is 35.5. The minimum Gasteiger partial charge on any atom is -0.478 e. The van der Waals surface area contributed by atoms with Gasteiger partial charge in [-0.05, 0) is 37.2 Å². The van der Waals surface area contributed by atoms with Crippen molar-refractivity contribution in [3.63, 3.8) is 0 Å². The molecule has 6 nitrogen and oxygen atoms in total. The minimum atomic E-state index is -0.637. The molecule has 0 aliphatic carbocycles. The van der Waals surface area contributed by atoms with E-state index < -0.39 is 6.10 Å². The van der Waals surface area contributed by atoms with Crippen LogP contribution in [0.25, 0.3) is 0 Å². The number of nitrogens with one attached hydrogen (secondary N) is 3. The van der Waals surface area contributed by atoms with Crippen LogP contribution in [-0.2, 0) is 11.3 Å². The second-order valence-electron chi connectivity index (χ2n) is 5.82. The van der Waals surface area contributed by atoms with Crippen molar-refractivity contribution < 1.29 is 14.3 Å². The van der Waals surface area contributed by atoms with Gasteiger partial charge in [0, 0.05) is 12.2 Å². The maximum absolute atomic E-state index is 12.8. The van der Waals surface area contributed by atoms with Gasteiger partial charge in [0.15, 0.2) is 11.9 Å². The molecule has 0 spiro atoms. The highest BCUT2D eigenvalue weighted by Gasteiger charge is 2.27. The van der Waals surface area contributed by atoms with Crippen LogP contribution in [0, 0.1) is 0 Å². The first kappa shape index (κ1) is 19.8. The normalized spacial score (nSPS) is 15.2. The molecule has 2 aromatic carbocycles. The van der Waals surface area contributed by atoms with Gasteiger partial charge >= 0.3 is 0 Å². The van der Waals surface area contributed by atoms with E-state index in [4.69, 9.17) is 4.74 Å². The van der Waals surface area contributed by atoms with Crippen LogP contribution in [0.1, 0.15) is 29.8 Å². The van der Waals surface area contributed by atoms with Gasteiger partial charge in [0.05, 0.1) is 11.3 Å². The van der Waals surface area contributed by atoms with Gasteiger partial charge in [0.2, 0.25) is 0 Å². The lowest BCUT2D eigenvalue weighted by Crippen LogP contribution is -2.35. The number of hydrogen-bond donors (Lipinski definition) is 3. The molecule has 1 atom stereocenters. The summed E-state index contributed by atoms with van der Waals surface area (Å²) in [6, 6.07) is 12.8. The standard InChI is InChI=1S/C19H21N3O3.ClH/c1-3-20-11-13-7-4-5-9-15(13)21-19(24)14-8-6-10-16-17(14)25-12(2)18(23)22-16;/h4-10,12,20H,3,11H2,1-2H3,(H,21,24)(H,22,23);1H. The Morgan fingerprint density at radius 1 is 1.19 bits per heavy atom. The first-order valence-corrected chi connectivity index (χ1v) is 8.30. The van der Waals surface area contributed by atoms with E-state index in [0.29, 0.717) is 23.5 Å². The Labute approximate surface area is 158 Å². The van der Waals surface area contributed by atoms with Crippen LogP contribution in [0.15, 0.2) is 42.5 Å². The number of rotatable bonds is 5. The monoisotopic (exact) mass is 375 g/mol. The number of ether oxygens (including phenoxy) is 1. The van der Waals surface area contributed by atoms with E-state index in [2.05, 4.69) is 16.0 Å². The third-order valence-electron chi connectivity index (χ3n) is 4.01. The number of benzene rings is 2. The van der Waals surface area contributed by atoms with Crippen molar-refractivity contribution >= 4 is 35.6 Å². The highest BCUT2D eigenvalue weighted by molar-refractivity contribution is 6.09. The van der Waals surface area contributed by atoms with Gasteiger partial charge < -0.3 is 20.7 Å². The van der Waals surface area contributed by atoms with Crippen LogP contribution < -0.4 is 20.7 Å². The molecule has 1 unspecified atom stereocenters. The Morgan fingerprint density at radius 2 is 1.96 bits per heavy atom. The molecular weight excluding hydrogens is 354 g/mol. The number of para-hydroxylation sites is 2. The van der Waals surface area contributed by atoms with Crippen molar-refractivity contribution in [2.75, 3.05) is 17.2 Å². The number of halogens is 1. The summed E-state index contributed by atoms with van der Waals surface area (Å²) in [5.74, 6) is -0.0959. The maximum Gasteiger partial charge on any atom is 0.265 e. The van der Waals surface area contributed by atoms with E-state index in [-0.39, 0.29) is 24.2 Å². The van der Waals surface area contributed by atoms with Gasteiger partial charge in [-0.2, -0.15) is 0 Å². The molecule has 0 saturated carbocycles. The summed E-state index contributed by atoms with van der Waals surface area (Å²) in [5, 5.41) is 8.95. The molecule has 3 rings (SSSR count). The Bertz CT molecular complexity index is 810. The summed E-state index contributed by atoms with van der Waals surface area (Å²) in [6.45, 7) is 5.20. The number of anilines is 2. The van der Waals surface area contributed by atoms with E-state index in [9.17, 15) is 9.59 Å². The van der Waals surface area contributed by atoms with Crippen molar-refractivity contribution in [3.8, 4) is 5.75 Å². The zero-order valence-corrected chi connectivity index (χ0v) is 15.5. The molecule has 2 amide bonds. The molecule has 1 aliphatic heterocycles. The van der Waals surface area contributed by atoms with Crippen LogP contribution in [0.3, 0.4) is 0 Å². The molecule has 1 aliphatic rings. The topological polar surface area (TPSA) is 79.5 Å². The van der Waals surface area contributed by atoms with Crippen molar-refractivity contribution in [2.45, 2.75) is 26.5 Å². The molecule has 0 radical (unpaired) electrons. The van der Waals surface area contributed by atoms with Crippen LogP contribution in [0.5, 0.6) is 5.75 Å². The largest absolute Gasteiger partial charge is 0.478 e. The number of fused-ring (bicyclic) bond motifs is 1. The SMILES string of the molecule is CCNCc1ccccc1NC(=O)c1cccc2c1OC(C)C(=O)N2.Cl. The van der Waals surface area contributed by atoms with Crippen LogP contribution in [0.2, 0.25) is 0 Å². The third-order valence-corrected chi connectivity index (χ3v) is 4.01. The van der Waals surface area contributed by atoms with E-state index >= 15 is 0 Å². The van der Waals surface area contributed by atoms with E-state index in [1.54, 1.807) is 25.1 Å². The lowest BCUT2D eigenvalue weighted by Gasteiger charge is -2.25. The summed E-state index contributed by atoms with van der Waals surface area (Å²) in [4.78, 5) is 24.5. The molecule has 0 aromatic heterocycles. The molecule has 26 heavy (non-hydrogen) atoms.